The Kier molecular flexibility index (Phi) is 6.73. The number of nitrogens with one attached hydrogen (secondary N) is 1. The zero-order valence-corrected chi connectivity index (χ0v) is 17.2. The van der Waals surface area contributed by atoms with Crippen molar-refractivity contribution >= 4 is 45.8 Å². The normalized spacial score (nSPS) is 11.8. The van der Waals surface area contributed by atoms with Crippen molar-refractivity contribution in [3.05, 3.63) is 33.9 Å². The topological polar surface area (TPSA) is 110 Å². The first-order valence-electron chi connectivity index (χ1n) is 8.66. The van der Waals surface area contributed by atoms with Crippen LogP contribution in [0.25, 0.3) is 11.0 Å². The lowest BCUT2D eigenvalue weighted by molar-refractivity contribution is -0.145. The Morgan fingerprint density at radius 3 is 2.73 bits per heavy atom. The average molecular weight is 459 g/mol. The Labute approximate surface area is 176 Å². The van der Waals surface area contributed by atoms with Gasteiger partial charge in [-0.3, -0.25) is 14.3 Å². The van der Waals surface area contributed by atoms with Crippen molar-refractivity contribution < 1.29 is 27.9 Å². The highest BCUT2D eigenvalue weighted by molar-refractivity contribution is 8.00. The van der Waals surface area contributed by atoms with Gasteiger partial charge in [0.2, 0.25) is 11.7 Å². The Bertz CT molecular complexity index is 1080. The Morgan fingerprint density at radius 2 is 2.07 bits per heavy atom. The van der Waals surface area contributed by atoms with Crippen molar-refractivity contribution in [2.24, 2.45) is 0 Å². The van der Waals surface area contributed by atoms with Crippen molar-refractivity contribution in [3.63, 3.8) is 0 Å². The molecule has 0 aliphatic carbocycles. The van der Waals surface area contributed by atoms with Crippen LogP contribution < -0.4 is 5.32 Å². The SMILES string of the molecule is CCn1cc2c(SCC(=O)c3ccc(CNC(=O)CO)s3)nc(C(F)(F)F)nc2n1. The average Bonchev–Trinajstić information content (AvgIpc) is 3.35. The lowest BCUT2D eigenvalue weighted by Crippen LogP contribution is -2.25. The number of carbonyl (C=O) groups excluding carboxylic acids is 2. The molecule has 0 aromatic carbocycles. The number of thiophene rings is 1. The number of rotatable bonds is 8. The molecule has 3 aromatic heterocycles. The van der Waals surface area contributed by atoms with Crippen LogP contribution in [0.5, 0.6) is 0 Å². The van der Waals surface area contributed by atoms with E-state index in [-0.39, 0.29) is 28.8 Å². The molecule has 8 nitrogen and oxygen atoms in total. The molecular formula is C17H16F3N5O3S2. The fourth-order valence-corrected chi connectivity index (χ4v) is 4.24. The number of Topliss-reactive ketones (excluding diaryl/α,β-unsaturated/α-hetero) is 1. The van der Waals surface area contributed by atoms with Crippen LogP contribution in [0.15, 0.2) is 23.4 Å². The highest BCUT2D eigenvalue weighted by Crippen LogP contribution is 2.32. The summed E-state index contributed by atoms with van der Waals surface area (Å²) in [5.41, 5.74) is -0.0767. The molecule has 0 spiro atoms. The van der Waals surface area contributed by atoms with Crippen LogP contribution in [0, 0.1) is 0 Å². The van der Waals surface area contributed by atoms with Gasteiger partial charge >= 0.3 is 6.18 Å². The Morgan fingerprint density at radius 1 is 1.30 bits per heavy atom. The van der Waals surface area contributed by atoms with Gasteiger partial charge in [0.1, 0.15) is 11.6 Å². The summed E-state index contributed by atoms with van der Waals surface area (Å²) in [4.78, 5) is 31.8. The number of hydrogen-bond donors (Lipinski definition) is 2. The number of aliphatic hydroxyl groups is 1. The van der Waals surface area contributed by atoms with E-state index in [9.17, 15) is 22.8 Å². The monoisotopic (exact) mass is 459 g/mol. The fourth-order valence-electron chi connectivity index (χ4n) is 2.39. The fraction of sp³-hybridized carbons (Fsp3) is 0.353. The molecule has 3 aromatic rings. The minimum Gasteiger partial charge on any atom is -0.387 e. The molecule has 0 radical (unpaired) electrons. The summed E-state index contributed by atoms with van der Waals surface area (Å²) in [5.74, 6) is -2.24. The largest absolute Gasteiger partial charge is 0.451 e. The van der Waals surface area contributed by atoms with Crippen molar-refractivity contribution in [2.45, 2.75) is 31.2 Å². The van der Waals surface area contributed by atoms with Gasteiger partial charge in [-0.2, -0.15) is 18.3 Å². The van der Waals surface area contributed by atoms with Crippen LogP contribution in [0.1, 0.15) is 27.3 Å². The van der Waals surface area contributed by atoms with E-state index in [0.29, 0.717) is 21.7 Å². The van der Waals surface area contributed by atoms with E-state index in [1.807, 2.05) is 0 Å². The molecule has 0 fully saturated rings. The van der Waals surface area contributed by atoms with Gasteiger partial charge in [-0.15, -0.1) is 11.3 Å². The lowest BCUT2D eigenvalue weighted by atomic mass is 10.3. The number of carbonyl (C=O) groups is 2. The Balaban J connectivity index is 1.76. The molecule has 0 aliphatic heterocycles. The quantitative estimate of drug-likeness (QED) is 0.303. The third-order valence-corrected chi connectivity index (χ3v) is 5.97. The molecule has 0 saturated heterocycles. The van der Waals surface area contributed by atoms with Gasteiger partial charge < -0.3 is 10.4 Å². The first-order valence-corrected chi connectivity index (χ1v) is 10.5. The van der Waals surface area contributed by atoms with Crippen LogP contribution in [0.3, 0.4) is 0 Å². The second-order valence-corrected chi connectivity index (χ2v) is 8.12. The van der Waals surface area contributed by atoms with E-state index in [2.05, 4.69) is 20.4 Å². The smallest absolute Gasteiger partial charge is 0.387 e. The number of hydrogen-bond acceptors (Lipinski definition) is 8. The second kappa shape index (κ2) is 9.10. The molecule has 0 aliphatic rings. The zero-order valence-electron chi connectivity index (χ0n) is 15.6. The van der Waals surface area contributed by atoms with E-state index in [0.717, 1.165) is 23.1 Å². The van der Waals surface area contributed by atoms with Crippen LogP contribution in [-0.4, -0.2) is 48.9 Å². The van der Waals surface area contributed by atoms with Crippen LogP contribution in [-0.2, 0) is 24.1 Å². The molecule has 3 rings (SSSR count). The number of halogens is 3. The van der Waals surface area contributed by atoms with E-state index in [4.69, 9.17) is 5.11 Å². The summed E-state index contributed by atoms with van der Waals surface area (Å²) in [6.45, 7) is 1.78. The molecule has 30 heavy (non-hydrogen) atoms. The highest BCUT2D eigenvalue weighted by atomic mass is 32.2. The van der Waals surface area contributed by atoms with Gasteiger partial charge in [0.25, 0.3) is 0 Å². The lowest BCUT2D eigenvalue weighted by Gasteiger charge is -2.07. The summed E-state index contributed by atoms with van der Waals surface area (Å²) < 4.78 is 40.8. The molecular weight excluding hydrogens is 443 g/mol. The van der Waals surface area contributed by atoms with Crippen LogP contribution in [0.4, 0.5) is 13.2 Å². The summed E-state index contributed by atoms with van der Waals surface area (Å²) in [5, 5.41) is 15.6. The predicted molar refractivity (Wildman–Crippen MR) is 104 cm³/mol. The maximum absolute atomic E-state index is 13.1. The van der Waals surface area contributed by atoms with Crippen LogP contribution >= 0.6 is 23.1 Å². The zero-order chi connectivity index (χ0) is 21.9. The Hall–Kier alpha value is -2.51. The second-order valence-electron chi connectivity index (χ2n) is 5.98. The molecule has 160 valence electrons. The van der Waals surface area contributed by atoms with Gasteiger partial charge in [0, 0.05) is 17.6 Å². The number of aliphatic hydroxyl groups excluding tert-OH is 1. The van der Waals surface area contributed by atoms with E-state index < -0.39 is 24.5 Å². The minimum atomic E-state index is -4.73. The number of fused-ring (bicyclic) bond motifs is 1. The summed E-state index contributed by atoms with van der Waals surface area (Å²) in [6, 6.07) is 3.25. The summed E-state index contributed by atoms with van der Waals surface area (Å²) >= 11 is 2.05. The first kappa shape index (κ1) is 22.2. The van der Waals surface area contributed by atoms with Gasteiger partial charge in [-0.25, -0.2) is 9.97 Å². The molecule has 3 heterocycles. The van der Waals surface area contributed by atoms with Crippen LogP contribution in [0.2, 0.25) is 0 Å². The van der Waals surface area contributed by atoms with Crippen molar-refractivity contribution in [1.82, 2.24) is 25.1 Å². The standard InChI is InChI=1S/C17H16F3N5O3S2/c1-2-25-6-10-14(24-25)22-16(17(18,19)20)23-15(10)29-8-11(27)12-4-3-9(30-12)5-21-13(28)7-26/h3-4,6,26H,2,5,7-8H2,1H3,(H,21,28). The minimum absolute atomic E-state index is 0.0346. The first-order chi connectivity index (χ1) is 14.2. The van der Waals surface area contributed by atoms with Gasteiger partial charge in [-0.1, -0.05) is 11.8 Å². The number of amides is 1. The number of aryl methyl sites for hydroxylation is 1. The maximum Gasteiger partial charge on any atom is 0.451 e. The highest BCUT2D eigenvalue weighted by Gasteiger charge is 2.36. The third-order valence-electron chi connectivity index (χ3n) is 3.85. The molecule has 0 unspecified atom stereocenters. The summed E-state index contributed by atoms with van der Waals surface area (Å²) in [7, 11) is 0. The maximum atomic E-state index is 13.1. The van der Waals surface area contributed by atoms with Crippen molar-refractivity contribution in [1.29, 1.82) is 0 Å². The number of alkyl halides is 3. The molecule has 0 atom stereocenters. The van der Waals surface area contributed by atoms with Gasteiger partial charge in [0.05, 0.1) is 22.6 Å². The number of thioether (sulfide) groups is 1. The van der Waals surface area contributed by atoms with E-state index in [1.165, 1.54) is 4.68 Å². The molecule has 1 amide bonds. The number of ketones is 1. The van der Waals surface area contributed by atoms with E-state index >= 15 is 0 Å². The van der Waals surface area contributed by atoms with Crippen molar-refractivity contribution in [2.75, 3.05) is 12.4 Å². The number of aromatic nitrogens is 4. The molecule has 0 saturated carbocycles. The third kappa shape index (κ3) is 5.15. The van der Waals surface area contributed by atoms with Gasteiger partial charge in [0.15, 0.2) is 11.4 Å². The molecule has 0 bridgehead atoms. The van der Waals surface area contributed by atoms with Gasteiger partial charge in [-0.05, 0) is 19.1 Å². The number of nitrogens with zero attached hydrogens (tertiary/aromatic N) is 4. The molecule has 13 heteroatoms. The summed E-state index contributed by atoms with van der Waals surface area (Å²) in [6.07, 6.45) is -3.18. The van der Waals surface area contributed by atoms with Crippen molar-refractivity contribution in [3.8, 4) is 0 Å². The predicted octanol–water partition coefficient (Wildman–Crippen LogP) is 2.51. The van der Waals surface area contributed by atoms with E-state index in [1.54, 1.807) is 25.3 Å². The molecule has 2 N–H and O–H groups in total.